The zero-order valence-electron chi connectivity index (χ0n) is 9.09. The number of pyridine rings is 1. The van der Waals surface area contributed by atoms with Crippen molar-refractivity contribution in [1.29, 1.82) is 0 Å². The van der Waals surface area contributed by atoms with Crippen LogP contribution in [0.15, 0.2) is 24.4 Å². The first-order chi connectivity index (χ1) is 7.33. The number of ether oxygens (including phenoxy) is 1. The molecule has 0 aromatic carbocycles. The lowest BCUT2D eigenvalue weighted by atomic mass is 10.3. The standard InChI is InChI=1S/C11H18N2OS/c1-13(6-7-14-8-9-15)10-11-4-2-3-5-12-11/h2-5,15H,6-10H2,1H3. The second-order valence-electron chi connectivity index (χ2n) is 3.39. The predicted octanol–water partition coefficient (Wildman–Crippen LogP) is 1.46. The quantitative estimate of drug-likeness (QED) is 0.563. The second-order valence-corrected chi connectivity index (χ2v) is 3.84. The highest BCUT2D eigenvalue weighted by molar-refractivity contribution is 7.80. The first-order valence-corrected chi connectivity index (χ1v) is 5.73. The van der Waals surface area contributed by atoms with E-state index in [4.69, 9.17) is 4.74 Å². The van der Waals surface area contributed by atoms with Gasteiger partial charge in [-0.15, -0.1) is 0 Å². The molecular weight excluding hydrogens is 208 g/mol. The lowest BCUT2D eigenvalue weighted by Crippen LogP contribution is -2.23. The van der Waals surface area contributed by atoms with E-state index in [1.54, 1.807) is 0 Å². The van der Waals surface area contributed by atoms with Gasteiger partial charge in [-0.2, -0.15) is 12.6 Å². The molecule has 1 heterocycles. The molecule has 1 rings (SSSR count). The third kappa shape index (κ3) is 5.77. The molecule has 0 aliphatic carbocycles. The second kappa shape index (κ2) is 7.68. The molecule has 0 N–H and O–H groups in total. The van der Waals surface area contributed by atoms with E-state index in [2.05, 4.69) is 29.6 Å². The van der Waals surface area contributed by atoms with Crippen LogP contribution in [0.4, 0.5) is 0 Å². The van der Waals surface area contributed by atoms with Crippen molar-refractivity contribution >= 4 is 12.6 Å². The van der Waals surface area contributed by atoms with E-state index in [0.717, 1.165) is 37.8 Å². The third-order valence-electron chi connectivity index (χ3n) is 2.01. The maximum atomic E-state index is 5.35. The molecule has 84 valence electrons. The summed E-state index contributed by atoms with van der Waals surface area (Å²) in [5.41, 5.74) is 1.09. The van der Waals surface area contributed by atoms with E-state index >= 15 is 0 Å². The van der Waals surface area contributed by atoms with Crippen LogP contribution in [-0.2, 0) is 11.3 Å². The summed E-state index contributed by atoms with van der Waals surface area (Å²) in [5.74, 6) is 0.782. The molecule has 0 saturated heterocycles. The zero-order chi connectivity index (χ0) is 10.9. The number of thiol groups is 1. The SMILES string of the molecule is CN(CCOCCS)Cc1ccccn1. The van der Waals surface area contributed by atoms with Gasteiger partial charge in [0.15, 0.2) is 0 Å². The molecule has 4 heteroatoms. The molecule has 1 aromatic heterocycles. The van der Waals surface area contributed by atoms with Crippen molar-refractivity contribution in [1.82, 2.24) is 9.88 Å². The molecule has 0 fully saturated rings. The number of likely N-dealkylation sites (N-methyl/N-ethyl adjacent to an activating group) is 1. The highest BCUT2D eigenvalue weighted by atomic mass is 32.1. The highest BCUT2D eigenvalue weighted by Gasteiger charge is 2.00. The van der Waals surface area contributed by atoms with E-state index in [0.29, 0.717) is 0 Å². The van der Waals surface area contributed by atoms with Crippen LogP contribution in [0.2, 0.25) is 0 Å². The van der Waals surface area contributed by atoms with Crippen molar-refractivity contribution in [2.75, 3.05) is 32.6 Å². The van der Waals surface area contributed by atoms with Gasteiger partial charge in [0.05, 0.1) is 18.9 Å². The van der Waals surface area contributed by atoms with E-state index in [-0.39, 0.29) is 0 Å². The van der Waals surface area contributed by atoms with Crippen molar-refractivity contribution < 1.29 is 4.74 Å². The number of hydrogen-bond donors (Lipinski definition) is 1. The lowest BCUT2D eigenvalue weighted by Gasteiger charge is -2.15. The summed E-state index contributed by atoms with van der Waals surface area (Å²) in [7, 11) is 2.07. The van der Waals surface area contributed by atoms with Crippen molar-refractivity contribution in [3.63, 3.8) is 0 Å². The summed E-state index contributed by atoms with van der Waals surface area (Å²) in [6.07, 6.45) is 1.82. The molecule has 0 unspecified atom stereocenters. The first kappa shape index (κ1) is 12.5. The lowest BCUT2D eigenvalue weighted by molar-refractivity contribution is 0.122. The molecule has 1 aromatic rings. The Morgan fingerprint density at radius 2 is 2.27 bits per heavy atom. The minimum atomic E-state index is 0.723. The molecule has 3 nitrogen and oxygen atoms in total. The molecular formula is C11H18N2OS. The van der Waals surface area contributed by atoms with Crippen molar-refractivity contribution in [2.24, 2.45) is 0 Å². The van der Waals surface area contributed by atoms with Gasteiger partial charge < -0.3 is 4.74 Å². The molecule has 0 atom stereocenters. The van der Waals surface area contributed by atoms with Gasteiger partial charge >= 0.3 is 0 Å². The Bertz CT molecular complexity index is 256. The molecule has 0 aliphatic rings. The van der Waals surface area contributed by atoms with Gasteiger partial charge in [-0.25, -0.2) is 0 Å². The van der Waals surface area contributed by atoms with Gasteiger partial charge in [-0.1, -0.05) is 6.07 Å². The fraction of sp³-hybridized carbons (Fsp3) is 0.545. The van der Waals surface area contributed by atoms with Gasteiger partial charge in [-0.05, 0) is 19.2 Å². The minimum absolute atomic E-state index is 0.723. The van der Waals surface area contributed by atoms with Gasteiger partial charge in [0.2, 0.25) is 0 Å². The fourth-order valence-corrected chi connectivity index (χ4v) is 1.36. The number of rotatable bonds is 7. The average Bonchev–Trinajstić information content (AvgIpc) is 2.26. The van der Waals surface area contributed by atoms with Crippen LogP contribution in [-0.4, -0.2) is 42.4 Å². The molecule has 0 bridgehead atoms. The normalized spacial score (nSPS) is 10.9. The van der Waals surface area contributed by atoms with Gasteiger partial charge in [0.1, 0.15) is 0 Å². The minimum Gasteiger partial charge on any atom is -0.379 e. The topological polar surface area (TPSA) is 25.4 Å². The smallest absolute Gasteiger partial charge is 0.0593 e. The summed E-state index contributed by atoms with van der Waals surface area (Å²) in [5, 5.41) is 0. The van der Waals surface area contributed by atoms with Crippen molar-refractivity contribution in [3.8, 4) is 0 Å². The molecule has 0 saturated carbocycles. The summed E-state index contributed by atoms with van der Waals surface area (Å²) < 4.78 is 5.35. The van der Waals surface area contributed by atoms with Gasteiger partial charge in [0, 0.05) is 25.0 Å². The van der Waals surface area contributed by atoms with Gasteiger partial charge in [0.25, 0.3) is 0 Å². The summed E-state index contributed by atoms with van der Waals surface area (Å²) in [4.78, 5) is 6.46. The largest absolute Gasteiger partial charge is 0.379 e. The Hall–Kier alpha value is -0.580. The summed E-state index contributed by atoms with van der Waals surface area (Å²) in [6, 6.07) is 5.97. The van der Waals surface area contributed by atoms with Crippen molar-refractivity contribution in [3.05, 3.63) is 30.1 Å². The molecule has 0 spiro atoms. The van der Waals surface area contributed by atoms with E-state index < -0.39 is 0 Å². The zero-order valence-corrected chi connectivity index (χ0v) is 9.99. The number of hydrogen-bond acceptors (Lipinski definition) is 4. The van der Waals surface area contributed by atoms with Crippen molar-refractivity contribution in [2.45, 2.75) is 6.54 Å². The fourth-order valence-electron chi connectivity index (χ4n) is 1.23. The van der Waals surface area contributed by atoms with Crippen LogP contribution in [0.1, 0.15) is 5.69 Å². The van der Waals surface area contributed by atoms with Crippen LogP contribution in [0, 0.1) is 0 Å². The van der Waals surface area contributed by atoms with E-state index in [1.165, 1.54) is 0 Å². The van der Waals surface area contributed by atoms with Crippen LogP contribution >= 0.6 is 12.6 Å². The Morgan fingerprint density at radius 1 is 1.40 bits per heavy atom. The Morgan fingerprint density at radius 3 is 2.93 bits per heavy atom. The maximum Gasteiger partial charge on any atom is 0.0593 e. The first-order valence-electron chi connectivity index (χ1n) is 5.10. The number of nitrogens with zero attached hydrogens (tertiary/aromatic N) is 2. The Balaban J connectivity index is 2.16. The Kier molecular flexibility index (Phi) is 6.39. The molecule has 0 amide bonds. The molecule has 0 radical (unpaired) electrons. The maximum absolute atomic E-state index is 5.35. The van der Waals surface area contributed by atoms with Crippen LogP contribution < -0.4 is 0 Å². The molecule has 15 heavy (non-hydrogen) atoms. The third-order valence-corrected chi connectivity index (χ3v) is 2.19. The van der Waals surface area contributed by atoms with Crippen LogP contribution in [0.25, 0.3) is 0 Å². The van der Waals surface area contributed by atoms with Crippen LogP contribution in [0.3, 0.4) is 0 Å². The average molecular weight is 226 g/mol. The van der Waals surface area contributed by atoms with E-state index in [1.807, 2.05) is 24.4 Å². The summed E-state index contributed by atoms with van der Waals surface area (Å²) >= 11 is 4.08. The monoisotopic (exact) mass is 226 g/mol. The summed E-state index contributed by atoms with van der Waals surface area (Å²) in [6.45, 7) is 3.26. The predicted molar refractivity (Wildman–Crippen MR) is 65.2 cm³/mol. The highest BCUT2D eigenvalue weighted by Crippen LogP contribution is 1.98. The van der Waals surface area contributed by atoms with E-state index in [9.17, 15) is 0 Å². The van der Waals surface area contributed by atoms with Crippen LogP contribution in [0.5, 0.6) is 0 Å². The number of aromatic nitrogens is 1. The molecule has 0 aliphatic heterocycles. The van der Waals surface area contributed by atoms with Gasteiger partial charge in [-0.3, -0.25) is 9.88 Å². The Labute approximate surface area is 96.9 Å².